The van der Waals surface area contributed by atoms with E-state index in [1.165, 1.54) is 5.56 Å². The Labute approximate surface area is 156 Å². The quantitative estimate of drug-likeness (QED) is 0.254. The lowest BCUT2D eigenvalue weighted by Crippen LogP contribution is -2.39. The molecule has 0 aliphatic carbocycles. The third-order valence-electron chi connectivity index (χ3n) is 3.39. The average molecular weight is 435 g/mol. The Morgan fingerprint density at radius 1 is 1.22 bits per heavy atom. The maximum absolute atomic E-state index is 9.26. The Bertz CT molecular complexity index is 461. The Hall–Kier alpha value is -1.02. The molecule has 3 N–H and O–H groups in total. The van der Waals surface area contributed by atoms with Gasteiger partial charge in [-0.15, -0.1) is 24.0 Å². The summed E-state index contributed by atoms with van der Waals surface area (Å²) >= 11 is 0. The highest BCUT2D eigenvalue weighted by atomic mass is 127. The van der Waals surface area contributed by atoms with Crippen molar-refractivity contribution < 1.29 is 9.84 Å². The summed E-state index contributed by atoms with van der Waals surface area (Å²) in [6, 6.07) is 7.35. The Kier molecular flexibility index (Phi) is 11.0. The zero-order valence-corrected chi connectivity index (χ0v) is 16.9. The fourth-order valence-corrected chi connectivity index (χ4v) is 1.84. The number of benzene rings is 1. The topological polar surface area (TPSA) is 65.9 Å². The maximum atomic E-state index is 9.26. The van der Waals surface area contributed by atoms with Crippen molar-refractivity contribution in [3.63, 3.8) is 0 Å². The SMILES string of the molecule is CCNC(=NCC(C)(C)OC)NCCCc1ccc(O)cc1.I. The zero-order chi connectivity index (χ0) is 16.4. The number of ether oxygens (including phenoxy) is 1. The van der Waals surface area contributed by atoms with E-state index in [-0.39, 0.29) is 29.6 Å². The molecule has 0 radical (unpaired) electrons. The second-order valence-corrected chi connectivity index (χ2v) is 5.86. The number of nitrogens with one attached hydrogen (secondary N) is 2. The molecule has 0 amide bonds. The standard InChI is InChI=1S/C17H29N3O2.HI/c1-5-18-16(20-13-17(2,3)22-4)19-12-6-7-14-8-10-15(21)11-9-14;/h8-11,21H,5-7,12-13H2,1-4H3,(H2,18,19,20);1H. The number of nitrogens with zero attached hydrogens (tertiary/aromatic N) is 1. The van der Waals surface area contributed by atoms with Gasteiger partial charge in [0, 0.05) is 20.2 Å². The first-order valence-corrected chi connectivity index (χ1v) is 7.82. The van der Waals surface area contributed by atoms with E-state index in [9.17, 15) is 5.11 Å². The molecular formula is C17H30IN3O2. The number of rotatable bonds is 8. The highest BCUT2D eigenvalue weighted by molar-refractivity contribution is 14.0. The van der Waals surface area contributed by atoms with Crippen LogP contribution in [-0.2, 0) is 11.2 Å². The minimum Gasteiger partial charge on any atom is -0.508 e. The van der Waals surface area contributed by atoms with Crippen molar-refractivity contribution in [2.24, 2.45) is 4.99 Å². The van der Waals surface area contributed by atoms with Crippen molar-refractivity contribution >= 4 is 29.9 Å². The minimum absolute atomic E-state index is 0. The number of aliphatic imine (C=N–C) groups is 1. The smallest absolute Gasteiger partial charge is 0.191 e. The zero-order valence-electron chi connectivity index (χ0n) is 14.6. The molecule has 0 spiro atoms. The van der Waals surface area contributed by atoms with Gasteiger partial charge in [0.1, 0.15) is 5.75 Å². The molecule has 0 heterocycles. The molecule has 0 atom stereocenters. The maximum Gasteiger partial charge on any atom is 0.191 e. The molecule has 0 aromatic heterocycles. The third kappa shape index (κ3) is 9.65. The third-order valence-corrected chi connectivity index (χ3v) is 3.39. The Morgan fingerprint density at radius 2 is 1.87 bits per heavy atom. The lowest BCUT2D eigenvalue weighted by molar-refractivity contribution is 0.0310. The van der Waals surface area contributed by atoms with Crippen molar-refractivity contribution in [1.82, 2.24) is 10.6 Å². The van der Waals surface area contributed by atoms with Gasteiger partial charge in [0.15, 0.2) is 5.96 Å². The molecule has 0 bridgehead atoms. The molecule has 6 heteroatoms. The van der Waals surface area contributed by atoms with Crippen molar-refractivity contribution in [3.05, 3.63) is 29.8 Å². The summed E-state index contributed by atoms with van der Waals surface area (Å²) in [7, 11) is 1.70. The van der Waals surface area contributed by atoms with Gasteiger partial charge >= 0.3 is 0 Å². The molecule has 23 heavy (non-hydrogen) atoms. The molecule has 0 aliphatic heterocycles. The van der Waals surface area contributed by atoms with E-state index in [0.29, 0.717) is 12.3 Å². The summed E-state index contributed by atoms with van der Waals surface area (Å²) in [5.41, 5.74) is 0.969. The fourth-order valence-electron chi connectivity index (χ4n) is 1.84. The monoisotopic (exact) mass is 435 g/mol. The first kappa shape index (κ1) is 22.0. The van der Waals surface area contributed by atoms with E-state index >= 15 is 0 Å². The number of halogens is 1. The number of aromatic hydroxyl groups is 1. The number of hydrogen-bond donors (Lipinski definition) is 3. The Morgan fingerprint density at radius 3 is 2.43 bits per heavy atom. The summed E-state index contributed by atoms with van der Waals surface area (Å²) < 4.78 is 5.38. The molecule has 1 rings (SSSR count). The molecule has 0 unspecified atom stereocenters. The molecule has 1 aromatic rings. The van der Waals surface area contributed by atoms with Gasteiger partial charge in [-0.1, -0.05) is 12.1 Å². The second kappa shape index (κ2) is 11.5. The van der Waals surface area contributed by atoms with Gasteiger partial charge in [0.25, 0.3) is 0 Å². The second-order valence-electron chi connectivity index (χ2n) is 5.86. The van der Waals surface area contributed by atoms with E-state index in [1.54, 1.807) is 19.2 Å². The van der Waals surface area contributed by atoms with Gasteiger partial charge in [-0.3, -0.25) is 4.99 Å². The van der Waals surface area contributed by atoms with Crippen molar-refractivity contribution in [3.8, 4) is 5.75 Å². The normalized spacial score (nSPS) is 11.7. The van der Waals surface area contributed by atoms with Gasteiger partial charge in [-0.2, -0.15) is 0 Å². The fraction of sp³-hybridized carbons (Fsp3) is 0.588. The first-order chi connectivity index (χ1) is 10.5. The molecule has 0 aliphatic rings. The molecule has 1 aromatic carbocycles. The van der Waals surface area contributed by atoms with Crippen LogP contribution >= 0.6 is 24.0 Å². The number of phenols is 1. The van der Waals surface area contributed by atoms with Crippen LogP contribution in [0.2, 0.25) is 0 Å². The van der Waals surface area contributed by atoms with Crippen molar-refractivity contribution in [2.75, 3.05) is 26.7 Å². The molecule has 132 valence electrons. The Balaban J connectivity index is 0.00000484. The van der Waals surface area contributed by atoms with E-state index in [0.717, 1.165) is 31.9 Å². The lowest BCUT2D eigenvalue weighted by atomic mass is 10.1. The molecule has 5 nitrogen and oxygen atoms in total. The van der Waals surface area contributed by atoms with Gasteiger partial charge in [-0.05, 0) is 51.3 Å². The number of methoxy groups -OCH3 is 1. The van der Waals surface area contributed by atoms with E-state index in [1.807, 2.05) is 26.0 Å². The molecule has 0 saturated carbocycles. The van der Waals surface area contributed by atoms with E-state index in [2.05, 4.69) is 22.5 Å². The van der Waals surface area contributed by atoms with Crippen LogP contribution in [-0.4, -0.2) is 43.4 Å². The van der Waals surface area contributed by atoms with Crippen molar-refractivity contribution in [1.29, 1.82) is 0 Å². The molecule has 0 saturated heterocycles. The average Bonchev–Trinajstić information content (AvgIpc) is 2.51. The van der Waals surface area contributed by atoms with Crippen LogP contribution in [0.1, 0.15) is 32.8 Å². The first-order valence-electron chi connectivity index (χ1n) is 7.82. The van der Waals surface area contributed by atoms with Gasteiger partial charge < -0.3 is 20.5 Å². The number of phenolic OH excluding ortho intramolecular Hbond substituents is 1. The van der Waals surface area contributed by atoms with Crippen LogP contribution in [0, 0.1) is 0 Å². The van der Waals surface area contributed by atoms with Gasteiger partial charge in [0.2, 0.25) is 0 Å². The minimum atomic E-state index is -0.256. The van der Waals surface area contributed by atoms with Crippen molar-refractivity contribution in [2.45, 2.75) is 39.2 Å². The van der Waals surface area contributed by atoms with Crippen LogP contribution in [0.25, 0.3) is 0 Å². The predicted octanol–water partition coefficient (Wildman–Crippen LogP) is 2.92. The van der Waals surface area contributed by atoms with Gasteiger partial charge in [-0.25, -0.2) is 0 Å². The van der Waals surface area contributed by atoms with E-state index < -0.39 is 0 Å². The molecular weight excluding hydrogens is 405 g/mol. The largest absolute Gasteiger partial charge is 0.508 e. The predicted molar refractivity (Wildman–Crippen MR) is 107 cm³/mol. The van der Waals surface area contributed by atoms with Crippen LogP contribution in [0.3, 0.4) is 0 Å². The van der Waals surface area contributed by atoms with Crippen LogP contribution in [0.5, 0.6) is 5.75 Å². The van der Waals surface area contributed by atoms with E-state index in [4.69, 9.17) is 4.74 Å². The highest BCUT2D eigenvalue weighted by Gasteiger charge is 2.15. The summed E-state index contributed by atoms with van der Waals surface area (Å²) in [4.78, 5) is 4.55. The number of guanidine groups is 1. The number of aryl methyl sites for hydroxylation is 1. The van der Waals surface area contributed by atoms with Crippen LogP contribution in [0.15, 0.2) is 29.3 Å². The summed E-state index contributed by atoms with van der Waals surface area (Å²) in [6.07, 6.45) is 1.97. The highest BCUT2D eigenvalue weighted by Crippen LogP contribution is 2.10. The number of hydrogen-bond acceptors (Lipinski definition) is 3. The summed E-state index contributed by atoms with van der Waals surface area (Å²) in [5.74, 6) is 1.13. The lowest BCUT2D eigenvalue weighted by Gasteiger charge is -2.21. The summed E-state index contributed by atoms with van der Waals surface area (Å²) in [5, 5.41) is 15.8. The van der Waals surface area contributed by atoms with Crippen LogP contribution < -0.4 is 10.6 Å². The molecule has 0 fully saturated rings. The van der Waals surface area contributed by atoms with Gasteiger partial charge in [0.05, 0.1) is 12.1 Å². The summed E-state index contributed by atoms with van der Waals surface area (Å²) in [6.45, 7) is 8.37. The van der Waals surface area contributed by atoms with Crippen LogP contribution in [0.4, 0.5) is 0 Å².